The molecular weight excluding hydrogens is 260 g/mol. The van der Waals surface area contributed by atoms with Gasteiger partial charge >= 0.3 is 5.97 Å². The van der Waals surface area contributed by atoms with Crippen LogP contribution in [0.3, 0.4) is 0 Å². The van der Waals surface area contributed by atoms with E-state index >= 15 is 0 Å². The van der Waals surface area contributed by atoms with Crippen LogP contribution in [-0.2, 0) is 9.59 Å². The molecule has 0 aliphatic rings. The van der Waals surface area contributed by atoms with Gasteiger partial charge in [0.15, 0.2) is 0 Å². The van der Waals surface area contributed by atoms with E-state index in [1.807, 2.05) is 12.5 Å². The predicted octanol–water partition coefficient (Wildman–Crippen LogP) is 0.389. The normalized spacial score (nSPS) is 14.8. The largest absolute Gasteiger partial charge is 0.480 e. The summed E-state index contributed by atoms with van der Waals surface area (Å²) in [5.41, 5.74) is 2.16. The maximum absolute atomic E-state index is 11.8. The minimum atomic E-state index is -1.04. The number of rotatable bonds is 10. The third-order valence-corrected chi connectivity index (χ3v) is 3.44. The van der Waals surface area contributed by atoms with Crippen molar-refractivity contribution in [2.24, 2.45) is 5.73 Å². The minimum absolute atomic E-state index is 0.384. The molecule has 0 rings (SSSR count). The van der Waals surface area contributed by atoms with Gasteiger partial charge in [-0.3, -0.25) is 4.79 Å². The molecular formula is C10H20N2O3S2. The molecule has 100 valence electrons. The third-order valence-electron chi connectivity index (χ3n) is 2.15. The number of nitrogens with one attached hydrogen (secondary N) is 1. The highest BCUT2D eigenvalue weighted by atomic mass is 32.2. The van der Waals surface area contributed by atoms with Crippen LogP contribution in [0.5, 0.6) is 0 Å². The van der Waals surface area contributed by atoms with Gasteiger partial charge in [-0.1, -0.05) is 0 Å². The Morgan fingerprint density at radius 2 is 1.94 bits per heavy atom. The number of hydrogen-bond donors (Lipinski definition) is 3. The molecule has 0 fully saturated rings. The summed E-state index contributed by atoms with van der Waals surface area (Å²) < 4.78 is 7.09. The fourth-order valence-corrected chi connectivity index (χ4v) is 2.08. The van der Waals surface area contributed by atoms with Crippen LogP contribution in [0.2, 0.25) is 1.41 Å². The standard InChI is InChI=1S/C10H20N2O3S2/c1-16-5-3-7(11)9(13)12-8(10(14)15)4-6-17-2/h7-8H,3-6,11H2,1-2H3,(H,12,13)(H,14,15)/t7-,8+/m1/s1/i/hD. The van der Waals surface area contributed by atoms with Crippen LogP contribution in [0.4, 0.5) is 0 Å². The molecule has 0 saturated heterocycles. The summed E-state index contributed by atoms with van der Waals surface area (Å²) in [5.74, 6) is -0.0494. The Morgan fingerprint density at radius 1 is 1.35 bits per heavy atom. The Kier molecular flexibility index (Phi) is 8.29. The number of carbonyl (C=O) groups is 2. The van der Waals surface area contributed by atoms with Crippen molar-refractivity contribution in [3.05, 3.63) is 0 Å². The van der Waals surface area contributed by atoms with E-state index in [2.05, 4.69) is 11.0 Å². The number of amides is 1. The first-order chi connectivity index (χ1) is 8.56. The van der Waals surface area contributed by atoms with E-state index in [-0.39, 0.29) is 0 Å². The van der Waals surface area contributed by atoms with E-state index in [4.69, 9.17) is 6.52 Å². The molecule has 0 bridgehead atoms. The van der Waals surface area contributed by atoms with Crippen LogP contribution in [0.15, 0.2) is 0 Å². The summed E-state index contributed by atoms with van der Waals surface area (Å²) in [6.07, 6.45) is 4.69. The third kappa shape index (κ3) is 7.51. The van der Waals surface area contributed by atoms with Crippen molar-refractivity contribution >= 4 is 35.4 Å². The zero-order valence-corrected chi connectivity index (χ0v) is 11.7. The predicted molar refractivity (Wildman–Crippen MR) is 73.5 cm³/mol. The molecule has 1 amide bonds. The summed E-state index contributed by atoms with van der Waals surface area (Å²) >= 11 is 3.11. The molecule has 0 saturated carbocycles. The van der Waals surface area contributed by atoms with Crippen LogP contribution >= 0.6 is 23.5 Å². The number of carboxylic acids is 1. The summed E-state index contributed by atoms with van der Waals surface area (Å²) in [7, 11) is 0. The lowest BCUT2D eigenvalue weighted by atomic mass is 10.2. The number of carboxylic acid groups (broad SMARTS) is 1. The first-order valence-corrected chi connectivity index (χ1v) is 8.03. The zero-order chi connectivity index (χ0) is 14.0. The van der Waals surface area contributed by atoms with Crippen LogP contribution < -0.4 is 11.0 Å². The number of nitrogens with two attached hydrogens (primary N) is 1. The highest BCUT2D eigenvalue weighted by Crippen LogP contribution is 2.03. The summed E-state index contributed by atoms with van der Waals surface area (Å²) in [4.78, 5) is 22.8. The van der Waals surface area contributed by atoms with E-state index in [0.29, 0.717) is 18.6 Å². The average Bonchev–Trinajstić information content (AvgIpc) is 2.34. The first-order valence-electron chi connectivity index (χ1n) is 5.75. The Labute approximate surface area is 112 Å². The van der Waals surface area contributed by atoms with Gasteiger partial charge in [-0.05, 0) is 36.9 Å². The Hall–Kier alpha value is -0.400. The second-order valence-electron chi connectivity index (χ2n) is 3.51. The molecule has 0 unspecified atom stereocenters. The molecule has 0 aliphatic carbocycles. The molecule has 17 heavy (non-hydrogen) atoms. The maximum Gasteiger partial charge on any atom is 0.326 e. The van der Waals surface area contributed by atoms with Crippen molar-refractivity contribution in [2.75, 3.05) is 24.0 Å². The summed E-state index contributed by atoms with van der Waals surface area (Å²) in [5, 5.41) is 11.5. The van der Waals surface area contributed by atoms with Crippen molar-refractivity contribution in [3.63, 3.8) is 0 Å². The topological polar surface area (TPSA) is 92.4 Å². The van der Waals surface area contributed by atoms with Crippen molar-refractivity contribution in [2.45, 2.75) is 24.9 Å². The molecule has 0 aromatic heterocycles. The lowest BCUT2D eigenvalue weighted by Crippen LogP contribution is -2.48. The Morgan fingerprint density at radius 3 is 2.41 bits per heavy atom. The van der Waals surface area contributed by atoms with Gasteiger partial charge in [0.05, 0.1) is 6.04 Å². The Balaban J connectivity index is 4.32. The second-order valence-corrected chi connectivity index (χ2v) is 5.49. The zero-order valence-electron chi connectivity index (χ0n) is 11.1. The molecule has 0 aliphatic heterocycles. The summed E-state index contributed by atoms with van der Waals surface area (Å²) in [6, 6.07) is -1.54. The molecule has 5 nitrogen and oxygen atoms in total. The average molecular weight is 281 g/mol. The lowest BCUT2D eigenvalue weighted by Gasteiger charge is -2.17. The smallest absolute Gasteiger partial charge is 0.326 e. The van der Waals surface area contributed by atoms with Gasteiger partial charge in [-0.15, -0.1) is 0 Å². The van der Waals surface area contributed by atoms with Gasteiger partial charge in [0.25, 0.3) is 0 Å². The molecule has 7 heteroatoms. The van der Waals surface area contributed by atoms with Gasteiger partial charge in [-0.25, -0.2) is 4.79 Å². The number of aliphatic carboxylic acids is 1. The quantitative estimate of drug-likeness (QED) is 0.536. The van der Waals surface area contributed by atoms with Crippen molar-refractivity contribution in [1.29, 1.82) is 0 Å². The van der Waals surface area contributed by atoms with Crippen molar-refractivity contribution in [3.8, 4) is 0 Å². The fraction of sp³-hybridized carbons (Fsp3) is 0.800. The van der Waals surface area contributed by atoms with Crippen LogP contribution in [0, 0.1) is 0 Å². The second kappa shape index (κ2) is 9.61. The van der Waals surface area contributed by atoms with E-state index in [9.17, 15) is 9.59 Å². The molecule has 4 N–H and O–H groups in total. The number of thioether (sulfide) groups is 2. The first kappa shape index (κ1) is 14.7. The minimum Gasteiger partial charge on any atom is -0.480 e. The van der Waals surface area contributed by atoms with Crippen LogP contribution in [0.25, 0.3) is 0 Å². The molecule has 0 spiro atoms. The number of carbonyl (C=O) groups excluding carboxylic acids is 1. The van der Waals surface area contributed by atoms with Gasteiger partial charge in [0.1, 0.15) is 7.45 Å². The molecule has 0 aromatic rings. The number of hydrogen-bond acceptors (Lipinski definition) is 5. The van der Waals surface area contributed by atoms with Gasteiger partial charge < -0.3 is 16.2 Å². The van der Waals surface area contributed by atoms with E-state index in [0.717, 1.165) is 5.75 Å². The summed E-state index contributed by atoms with van der Waals surface area (Å²) in [6.45, 7) is 0. The fourth-order valence-electron chi connectivity index (χ4n) is 1.13. The monoisotopic (exact) mass is 281 g/mol. The SMILES string of the molecule is [2H]N[C@H](CCSC)C(=O)N[C@@H](CCSC)C(=O)O. The van der Waals surface area contributed by atoms with E-state index < -0.39 is 24.0 Å². The van der Waals surface area contributed by atoms with Gasteiger partial charge in [0, 0.05) is 0 Å². The maximum atomic E-state index is 11.8. The lowest BCUT2D eigenvalue weighted by molar-refractivity contribution is -0.142. The molecule has 0 heterocycles. The van der Waals surface area contributed by atoms with Crippen molar-refractivity contribution < 1.29 is 16.1 Å². The highest BCUT2D eigenvalue weighted by Gasteiger charge is 2.22. The van der Waals surface area contributed by atoms with E-state index in [1.165, 1.54) is 11.8 Å². The highest BCUT2D eigenvalue weighted by molar-refractivity contribution is 7.98. The van der Waals surface area contributed by atoms with Crippen molar-refractivity contribution in [1.82, 2.24) is 5.32 Å². The van der Waals surface area contributed by atoms with Gasteiger partial charge in [-0.2, -0.15) is 23.5 Å². The molecule has 2 atom stereocenters. The van der Waals surface area contributed by atoms with Crippen LogP contribution in [0.1, 0.15) is 12.8 Å². The van der Waals surface area contributed by atoms with E-state index in [1.54, 1.807) is 11.8 Å². The Bertz CT molecular complexity index is 270. The van der Waals surface area contributed by atoms with Gasteiger partial charge in [0.2, 0.25) is 5.91 Å². The molecule has 0 radical (unpaired) electrons. The van der Waals surface area contributed by atoms with Crippen LogP contribution in [-0.4, -0.2) is 53.1 Å². The molecule has 0 aromatic carbocycles.